The van der Waals surface area contributed by atoms with Gasteiger partial charge in [0, 0.05) is 19.6 Å². The molecule has 1 saturated heterocycles. The van der Waals surface area contributed by atoms with Gasteiger partial charge in [-0.1, -0.05) is 6.07 Å². The highest BCUT2D eigenvalue weighted by molar-refractivity contribution is 7.89. The largest absolute Gasteiger partial charge is 0.387 e. The van der Waals surface area contributed by atoms with Crippen molar-refractivity contribution < 1.29 is 17.9 Å². The Labute approximate surface area is 118 Å². The number of likely N-dealkylation sites (N-methyl/N-ethyl adjacent to an activating group) is 1. The van der Waals surface area contributed by atoms with E-state index in [9.17, 15) is 17.9 Å². The molecule has 0 aliphatic carbocycles. The van der Waals surface area contributed by atoms with Crippen molar-refractivity contribution in [1.29, 1.82) is 0 Å². The Kier molecular flexibility index (Phi) is 4.15. The molecule has 0 bridgehead atoms. The van der Waals surface area contributed by atoms with Gasteiger partial charge in [-0.3, -0.25) is 0 Å². The highest BCUT2D eigenvalue weighted by atomic mass is 32.2. The fraction of sp³-hybridized carbons (Fsp3) is 0.538. The topological polar surface area (TPSA) is 60.9 Å². The molecule has 1 fully saturated rings. The zero-order valence-corrected chi connectivity index (χ0v) is 12.4. The zero-order valence-electron chi connectivity index (χ0n) is 11.6. The number of hydrogen-bond donors (Lipinski definition) is 1. The van der Waals surface area contributed by atoms with Gasteiger partial charge in [0.25, 0.3) is 0 Å². The van der Waals surface area contributed by atoms with E-state index in [1.54, 1.807) is 0 Å². The molecule has 112 valence electrons. The summed E-state index contributed by atoms with van der Waals surface area (Å²) in [4.78, 5) is 1.74. The summed E-state index contributed by atoms with van der Waals surface area (Å²) in [5, 5.41) is 10.4. The van der Waals surface area contributed by atoms with Crippen LogP contribution in [0.5, 0.6) is 0 Å². The molecular formula is C13H19FN2O3S. The molecule has 5 nitrogen and oxygen atoms in total. The summed E-state index contributed by atoms with van der Waals surface area (Å²) in [6, 6.07) is 4.93. The first-order chi connectivity index (χ1) is 9.23. The standard InChI is InChI=1S/C13H19FN2O3S/c1-15(2)9-13(17)6-7-16(10-13)20(18,19)12-5-3-4-11(14)8-12/h3-5,8,17H,6-7,9-10H2,1-2H3/t13-/m0/s1. The minimum atomic E-state index is -3.75. The summed E-state index contributed by atoms with van der Waals surface area (Å²) < 4.78 is 39.2. The number of β-amino-alcohol motifs (C(OH)–C–C–N with tert-alkyl or cyclic N) is 1. The van der Waals surface area contributed by atoms with E-state index in [2.05, 4.69) is 0 Å². The lowest BCUT2D eigenvalue weighted by Gasteiger charge is -2.26. The van der Waals surface area contributed by atoms with Crippen molar-refractivity contribution in [1.82, 2.24) is 9.21 Å². The van der Waals surface area contributed by atoms with Crippen molar-refractivity contribution in [2.75, 3.05) is 33.7 Å². The summed E-state index contributed by atoms with van der Waals surface area (Å²) >= 11 is 0. The Morgan fingerprint density at radius 2 is 2.15 bits per heavy atom. The lowest BCUT2D eigenvalue weighted by atomic mass is 10.0. The average Bonchev–Trinajstić information content (AvgIpc) is 2.71. The second-order valence-electron chi connectivity index (χ2n) is 5.51. The number of rotatable bonds is 4. The molecule has 0 saturated carbocycles. The van der Waals surface area contributed by atoms with E-state index < -0.39 is 21.4 Å². The fourth-order valence-electron chi connectivity index (χ4n) is 2.52. The molecule has 7 heteroatoms. The van der Waals surface area contributed by atoms with E-state index in [1.807, 2.05) is 19.0 Å². The first-order valence-corrected chi connectivity index (χ1v) is 7.80. The van der Waals surface area contributed by atoms with Gasteiger partial charge in [0.2, 0.25) is 10.0 Å². The Balaban J connectivity index is 2.21. The third-order valence-corrected chi connectivity index (χ3v) is 5.18. The summed E-state index contributed by atoms with van der Waals surface area (Å²) in [6.07, 6.45) is 0.375. The Hall–Kier alpha value is -1.02. The van der Waals surface area contributed by atoms with Crippen LogP contribution in [0.15, 0.2) is 29.2 Å². The molecule has 1 aliphatic heterocycles. The summed E-state index contributed by atoms with van der Waals surface area (Å²) in [6.45, 7) is 0.662. The molecule has 0 unspecified atom stereocenters. The molecular weight excluding hydrogens is 283 g/mol. The van der Waals surface area contributed by atoms with Crippen LogP contribution < -0.4 is 0 Å². The van der Waals surface area contributed by atoms with E-state index in [-0.39, 0.29) is 18.0 Å². The van der Waals surface area contributed by atoms with Gasteiger partial charge in [0.15, 0.2) is 0 Å². The smallest absolute Gasteiger partial charge is 0.243 e. The van der Waals surface area contributed by atoms with Crippen LogP contribution in [0.4, 0.5) is 4.39 Å². The molecule has 1 N–H and O–H groups in total. The van der Waals surface area contributed by atoms with Crippen molar-refractivity contribution >= 4 is 10.0 Å². The molecule has 0 aromatic heterocycles. The fourth-order valence-corrected chi connectivity index (χ4v) is 4.07. The second kappa shape index (κ2) is 5.40. The lowest BCUT2D eigenvalue weighted by molar-refractivity contribution is 0.0302. The third kappa shape index (κ3) is 3.17. The molecule has 1 aromatic carbocycles. The predicted octanol–water partition coefficient (Wildman–Crippen LogP) is 0.513. The number of sulfonamides is 1. The predicted molar refractivity (Wildman–Crippen MR) is 73.3 cm³/mol. The van der Waals surface area contributed by atoms with Gasteiger partial charge in [0.1, 0.15) is 5.82 Å². The van der Waals surface area contributed by atoms with Gasteiger partial charge in [-0.2, -0.15) is 4.31 Å². The molecule has 0 radical (unpaired) electrons. The summed E-state index contributed by atoms with van der Waals surface area (Å²) in [5.41, 5.74) is -1.05. The maximum Gasteiger partial charge on any atom is 0.243 e. The van der Waals surface area contributed by atoms with Crippen molar-refractivity contribution in [3.63, 3.8) is 0 Å². The quantitative estimate of drug-likeness (QED) is 0.880. The van der Waals surface area contributed by atoms with Gasteiger partial charge < -0.3 is 10.0 Å². The van der Waals surface area contributed by atoms with Crippen LogP contribution >= 0.6 is 0 Å². The maximum absolute atomic E-state index is 13.2. The van der Waals surface area contributed by atoms with Crippen molar-refractivity contribution in [2.45, 2.75) is 16.9 Å². The molecule has 1 aliphatic rings. The minimum Gasteiger partial charge on any atom is -0.387 e. The van der Waals surface area contributed by atoms with E-state index in [4.69, 9.17) is 0 Å². The van der Waals surface area contributed by atoms with Gasteiger partial charge in [-0.05, 0) is 38.7 Å². The number of halogens is 1. The van der Waals surface area contributed by atoms with Crippen molar-refractivity contribution in [3.05, 3.63) is 30.1 Å². The van der Waals surface area contributed by atoms with Crippen LogP contribution in [0.3, 0.4) is 0 Å². The summed E-state index contributed by atoms with van der Waals surface area (Å²) in [5.74, 6) is -0.589. The van der Waals surface area contributed by atoms with Gasteiger partial charge >= 0.3 is 0 Å². The number of benzene rings is 1. The molecule has 0 amide bonds. The molecule has 1 atom stereocenters. The minimum absolute atomic E-state index is 0.0318. The number of aliphatic hydroxyl groups is 1. The Bertz CT molecular complexity index is 591. The third-order valence-electron chi connectivity index (χ3n) is 3.34. The SMILES string of the molecule is CN(C)C[C@@]1(O)CCN(S(=O)(=O)c2cccc(F)c2)C1. The maximum atomic E-state index is 13.2. The molecule has 1 heterocycles. The number of hydrogen-bond acceptors (Lipinski definition) is 4. The second-order valence-corrected chi connectivity index (χ2v) is 7.45. The normalized spacial score (nSPS) is 24.4. The van der Waals surface area contributed by atoms with Crippen LogP contribution in [-0.4, -0.2) is 62.1 Å². The van der Waals surface area contributed by atoms with E-state index in [1.165, 1.54) is 22.5 Å². The molecule has 2 rings (SSSR count). The lowest BCUT2D eigenvalue weighted by Crippen LogP contribution is -2.43. The van der Waals surface area contributed by atoms with E-state index in [0.717, 1.165) is 6.07 Å². The van der Waals surface area contributed by atoms with Crippen LogP contribution in [0, 0.1) is 5.82 Å². The van der Waals surface area contributed by atoms with Crippen LogP contribution in [0.2, 0.25) is 0 Å². The van der Waals surface area contributed by atoms with Crippen molar-refractivity contribution in [2.24, 2.45) is 0 Å². The Morgan fingerprint density at radius 3 is 2.75 bits per heavy atom. The van der Waals surface area contributed by atoms with Crippen LogP contribution in [0.1, 0.15) is 6.42 Å². The monoisotopic (exact) mass is 302 g/mol. The van der Waals surface area contributed by atoms with E-state index >= 15 is 0 Å². The zero-order chi connectivity index (χ0) is 15.0. The number of nitrogens with zero attached hydrogens (tertiary/aromatic N) is 2. The average molecular weight is 302 g/mol. The van der Waals surface area contributed by atoms with E-state index in [0.29, 0.717) is 13.0 Å². The Morgan fingerprint density at radius 1 is 1.45 bits per heavy atom. The van der Waals surface area contributed by atoms with Gasteiger partial charge in [0.05, 0.1) is 10.5 Å². The van der Waals surface area contributed by atoms with Crippen LogP contribution in [-0.2, 0) is 10.0 Å². The molecule has 20 heavy (non-hydrogen) atoms. The highest BCUT2D eigenvalue weighted by Crippen LogP contribution is 2.27. The van der Waals surface area contributed by atoms with Gasteiger partial charge in [-0.25, -0.2) is 12.8 Å². The highest BCUT2D eigenvalue weighted by Gasteiger charge is 2.41. The molecule has 1 aromatic rings. The van der Waals surface area contributed by atoms with Gasteiger partial charge in [-0.15, -0.1) is 0 Å². The summed E-state index contributed by atoms with van der Waals surface area (Å²) in [7, 11) is -0.111. The van der Waals surface area contributed by atoms with Crippen molar-refractivity contribution in [3.8, 4) is 0 Å². The molecule has 0 spiro atoms. The first kappa shape index (κ1) is 15.4. The first-order valence-electron chi connectivity index (χ1n) is 6.36. The van der Waals surface area contributed by atoms with Crippen LogP contribution in [0.25, 0.3) is 0 Å².